The summed E-state index contributed by atoms with van der Waals surface area (Å²) < 4.78 is 5.68. The molecular formula is C21H24ClN7O2. The van der Waals surface area contributed by atoms with E-state index < -0.39 is 6.04 Å². The van der Waals surface area contributed by atoms with Crippen molar-refractivity contribution in [3.8, 4) is 0 Å². The molecule has 31 heavy (non-hydrogen) atoms. The predicted molar refractivity (Wildman–Crippen MR) is 116 cm³/mol. The first kappa shape index (κ1) is 21.0. The first-order valence-electron chi connectivity index (χ1n) is 10.0. The van der Waals surface area contributed by atoms with Gasteiger partial charge in [-0.1, -0.05) is 38.4 Å². The van der Waals surface area contributed by atoms with Crippen molar-refractivity contribution in [2.45, 2.75) is 45.6 Å². The summed E-state index contributed by atoms with van der Waals surface area (Å²) >= 11 is 6.28. The molecule has 0 saturated carbocycles. The van der Waals surface area contributed by atoms with Gasteiger partial charge in [-0.25, -0.2) is 9.99 Å². The highest BCUT2D eigenvalue weighted by Gasteiger charge is 2.35. The molecule has 2 aliphatic rings. The molecule has 9 nitrogen and oxygen atoms in total. The second-order valence-electron chi connectivity index (χ2n) is 8.26. The molecule has 2 aliphatic heterocycles. The monoisotopic (exact) mass is 441 g/mol. The van der Waals surface area contributed by atoms with E-state index in [9.17, 15) is 4.79 Å². The lowest BCUT2D eigenvalue weighted by Crippen LogP contribution is -2.41. The molecule has 4 rings (SSSR count). The highest BCUT2D eigenvalue weighted by molar-refractivity contribution is 6.32. The zero-order valence-corrected chi connectivity index (χ0v) is 18.6. The first-order valence-corrected chi connectivity index (χ1v) is 10.4. The summed E-state index contributed by atoms with van der Waals surface area (Å²) in [6, 6.07) is -0.497. The van der Waals surface area contributed by atoms with Crippen LogP contribution in [-0.2, 0) is 11.8 Å². The predicted octanol–water partition coefficient (Wildman–Crippen LogP) is 3.67. The van der Waals surface area contributed by atoms with E-state index in [0.29, 0.717) is 23.9 Å². The fourth-order valence-corrected chi connectivity index (χ4v) is 3.68. The Kier molecular flexibility index (Phi) is 5.53. The summed E-state index contributed by atoms with van der Waals surface area (Å²) in [5.41, 5.74) is 2.12. The molecule has 0 aliphatic carbocycles. The third-order valence-corrected chi connectivity index (χ3v) is 5.37. The van der Waals surface area contributed by atoms with Crippen molar-refractivity contribution in [2.24, 2.45) is 5.10 Å². The van der Waals surface area contributed by atoms with E-state index in [1.54, 1.807) is 34.7 Å². The summed E-state index contributed by atoms with van der Waals surface area (Å²) in [6.45, 7) is 8.20. The number of hydrogen-bond donors (Lipinski definition) is 1. The Morgan fingerprint density at radius 3 is 2.90 bits per heavy atom. The minimum Gasteiger partial charge on any atom is -0.416 e. The number of imidazole rings is 1. The molecule has 0 spiro atoms. The van der Waals surface area contributed by atoms with E-state index in [1.165, 1.54) is 0 Å². The van der Waals surface area contributed by atoms with Crippen LogP contribution < -0.4 is 0 Å². The van der Waals surface area contributed by atoms with Crippen LogP contribution in [0.25, 0.3) is 0 Å². The Balaban J connectivity index is 1.65. The standard InChI is InChI=1S/C21H24ClN7O2/c1-5-15-13(22)7-6-9-29(15)25-11-16-17-14(23-12-24-17)8-10-28(16)19(30)18-26-27-20(31-18)21(2,3)4/h5-7,9,11-12,16H,8,10H2,1-4H3,(H,23,24)/b15-5-,25-11+/t16-/m0/s1. The number of fused-ring (bicyclic) bond motifs is 1. The van der Waals surface area contributed by atoms with Gasteiger partial charge >= 0.3 is 11.8 Å². The summed E-state index contributed by atoms with van der Waals surface area (Å²) in [7, 11) is 0. The number of nitrogens with one attached hydrogen (secondary N) is 1. The van der Waals surface area contributed by atoms with Crippen molar-refractivity contribution in [2.75, 3.05) is 6.54 Å². The highest BCUT2D eigenvalue weighted by atomic mass is 35.5. The van der Waals surface area contributed by atoms with Crippen molar-refractivity contribution in [1.82, 2.24) is 30.1 Å². The molecule has 2 aromatic heterocycles. The molecule has 4 heterocycles. The van der Waals surface area contributed by atoms with Gasteiger partial charge in [0.2, 0.25) is 5.89 Å². The third-order valence-electron chi connectivity index (χ3n) is 5.05. The maximum Gasteiger partial charge on any atom is 0.312 e. The minimum absolute atomic E-state index is 0.0414. The van der Waals surface area contributed by atoms with Gasteiger partial charge in [0.25, 0.3) is 0 Å². The van der Waals surface area contributed by atoms with Gasteiger partial charge in [-0.15, -0.1) is 10.2 Å². The second-order valence-corrected chi connectivity index (χ2v) is 8.67. The number of carbonyl (C=O) groups is 1. The Morgan fingerprint density at radius 2 is 2.19 bits per heavy atom. The van der Waals surface area contributed by atoms with Gasteiger partial charge in [0, 0.05) is 30.3 Å². The molecule has 1 atom stereocenters. The van der Waals surface area contributed by atoms with Crippen LogP contribution in [0.2, 0.25) is 0 Å². The summed E-state index contributed by atoms with van der Waals surface area (Å²) in [5.74, 6) is 0.0166. The van der Waals surface area contributed by atoms with Crippen LogP contribution >= 0.6 is 11.6 Å². The number of amides is 1. The molecule has 2 aromatic rings. The van der Waals surface area contributed by atoms with Gasteiger partial charge in [0.05, 0.1) is 29.0 Å². The normalized spacial score (nSPS) is 20.5. The molecule has 0 unspecified atom stereocenters. The number of rotatable bonds is 3. The topological polar surface area (TPSA) is 104 Å². The van der Waals surface area contributed by atoms with Gasteiger partial charge in [0.1, 0.15) is 6.04 Å². The maximum atomic E-state index is 13.3. The average Bonchev–Trinajstić information content (AvgIpc) is 3.41. The zero-order chi connectivity index (χ0) is 22.2. The van der Waals surface area contributed by atoms with Gasteiger partial charge in [0.15, 0.2) is 0 Å². The molecule has 1 N–H and O–H groups in total. The number of nitrogens with zero attached hydrogens (tertiary/aromatic N) is 6. The Hall–Kier alpha value is -3.20. The van der Waals surface area contributed by atoms with Gasteiger partial charge in [-0.05, 0) is 19.1 Å². The van der Waals surface area contributed by atoms with E-state index in [2.05, 4.69) is 25.3 Å². The van der Waals surface area contributed by atoms with E-state index in [4.69, 9.17) is 16.0 Å². The van der Waals surface area contributed by atoms with Crippen molar-refractivity contribution < 1.29 is 9.21 Å². The van der Waals surface area contributed by atoms with Crippen molar-refractivity contribution in [3.05, 3.63) is 64.7 Å². The number of halogens is 1. The van der Waals surface area contributed by atoms with Gasteiger partial charge in [-0.2, -0.15) is 5.10 Å². The van der Waals surface area contributed by atoms with Crippen molar-refractivity contribution in [3.63, 3.8) is 0 Å². The second kappa shape index (κ2) is 8.14. The van der Waals surface area contributed by atoms with E-state index in [1.807, 2.05) is 39.8 Å². The number of hydrazone groups is 1. The molecule has 0 saturated heterocycles. The van der Waals surface area contributed by atoms with Crippen LogP contribution in [0.15, 0.2) is 51.0 Å². The summed E-state index contributed by atoms with van der Waals surface area (Å²) in [4.78, 5) is 22.5. The smallest absolute Gasteiger partial charge is 0.312 e. The van der Waals surface area contributed by atoms with Crippen LogP contribution in [0.3, 0.4) is 0 Å². The third kappa shape index (κ3) is 4.05. The van der Waals surface area contributed by atoms with Crippen LogP contribution in [0.4, 0.5) is 0 Å². The molecule has 10 heteroatoms. The number of H-pyrrole nitrogens is 1. The molecule has 0 radical (unpaired) electrons. The van der Waals surface area contributed by atoms with E-state index in [0.717, 1.165) is 17.1 Å². The quantitative estimate of drug-likeness (QED) is 0.729. The number of hydrogen-bond acceptors (Lipinski definition) is 7. The highest BCUT2D eigenvalue weighted by Crippen LogP contribution is 2.30. The maximum absolute atomic E-state index is 13.3. The van der Waals surface area contributed by atoms with Crippen molar-refractivity contribution in [1.29, 1.82) is 0 Å². The average molecular weight is 442 g/mol. The Morgan fingerprint density at radius 1 is 1.39 bits per heavy atom. The molecule has 0 bridgehead atoms. The first-order chi connectivity index (χ1) is 14.8. The lowest BCUT2D eigenvalue weighted by atomic mass is 9.97. The van der Waals surface area contributed by atoms with Crippen LogP contribution in [0.5, 0.6) is 0 Å². The summed E-state index contributed by atoms with van der Waals surface area (Å²) in [6.07, 6.45) is 11.2. The van der Waals surface area contributed by atoms with Crippen LogP contribution in [0.1, 0.15) is 61.7 Å². The van der Waals surface area contributed by atoms with E-state index >= 15 is 0 Å². The molecule has 0 fully saturated rings. The Bertz CT molecular complexity index is 1100. The summed E-state index contributed by atoms with van der Waals surface area (Å²) in [5, 5.41) is 14.8. The molecule has 1 amide bonds. The Labute approximate surface area is 185 Å². The van der Waals surface area contributed by atoms with Gasteiger partial charge in [-0.3, -0.25) is 4.79 Å². The fraction of sp³-hybridized carbons (Fsp3) is 0.381. The van der Waals surface area contributed by atoms with E-state index in [-0.39, 0.29) is 17.2 Å². The van der Waals surface area contributed by atoms with Crippen LogP contribution in [-0.4, -0.2) is 48.7 Å². The number of carbonyl (C=O) groups excluding carboxylic acids is 1. The SMILES string of the molecule is C/C=C1/C(Cl)=CC=CN1/N=C/[C@H]1c2nc[nH]c2CCN1C(=O)c1nnc(C(C)(C)C)o1. The molecule has 0 aromatic carbocycles. The largest absolute Gasteiger partial charge is 0.416 e. The number of allylic oxidation sites excluding steroid dienone is 4. The number of aromatic amines is 1. The van der Waals surface area contributed by atoms with Crippen molar-refractivity contribution >= 4 is 23.7 Å². The van der Waals surface area contributed by atoms with Gasteiger partial charge < -0.3 is 14.3 Å². The lowest BCUT2D eigenvalue weighted by molar-refractivity contribution is 0.0668. The lowest BCUT2D eigenvalue weighted by Gasteiger charge is -2.32. The molecular weight excluding hydrogens is 418 g/mol. The van der Waals surface area contributed by atoms with Crippen LogP contribution in [0, 0.1) is 0 Å². The minimum atomic E-state index is -0.497. The molecule has 162 valence electrons. The fourth-order valence-electron chi connectivity index (χ4n) is 3.41. The zero-order valence-electron chi connectivity index (χ0n) is 17.8. The number of aromatic nitrogens is 4.